The van der Waals surface area contributed by atoms with Gasteiger partial charge in [-0.1, -0.05) is 30.3 Å². The number of hydrogen-bond donors (Lipinski definition) is 3. The van der Waals surface area contributed by atoms with E-state index in [1.165, 1.54) is 6.07 Å². The van der Waals surface area contributed by atoms with E-state index in [9.17, 15) is 14.0 Å². The van der Waals surface area contributed by atoms with Crippen LogP contribution in [0.2, 0.25) is 0 Å². The van der Waals surface area contributed by atoms with Crippen molar-refractivity contribution in [3.05, 3.63) is 65.5 Å². The summed E-state index contributed by atoms with van der Waals surface area (Å²) in [6.07, 6.45) is 0.569. The van der Waals surface area contributed by atoms with Crippen molar-refractivity contribution >= 4 is 17.6 Å². The number of carbonyl (C=O) groups is 2. The number of halogens is 1. The average molecular weight is 329 g/mol. The SMILES string of the molecule is C[C@@H](NC(=O)CCc1ccccc1F)c1ccc(NC(N)=O)cc1. The Labute approximate surface area is 140 Å². The van der Waals surface area contributed by atoms with Gasteiger partial charge in [-0.3, -0.25) is 4.79 Å². The Balaban J connectivity index is 1.87. The summed E-state index contributed by atoms with van der Waals surface area (Å²) in [5.41, 5.74) is 7.06. The monoisotopic (exact) mass is 329 g/mol. The van der Waals surface area contributed by atoms with Gasteiger partial charge in [-0.2, -0.15) is 0 Å². The van der Waals surface area contributed by atoms with Gasteiger partial charge in [-0.05, 0) is 42.7 Å². The zero-order chi connectivity index (χ0) is 17.5. The van der Waals surface area contributed by atoms with Crippen LogP contribution in [0.1, 0.15) is 30.5 Å². The molecule has 2 rings (SSSR count). The minimum Gasteiger partial charge on any atom is -0.351 e. The summed E-state index contributed by atoms with van der Waals surface area (Å²) in [7, 11) is 0. The average Bonchev–Trinajstić information content (AvgIpc) is 2.54. The highest BCUT2D eigenvalue weighted by Gasteiger charge is 2.11. The van der Waals surface area contributed by atoms with Gasteiger partial charge in [0, 0.05) is 12.1 Å². The Kier molecular flexibility index (Phi) is 5.89. The number of aryl methyl sites for hydroxylation is 1. The van der Waals surface area contributed by atoms with Gasteiger partial charge in [0.1, 0.15) is 5.82 Å². The number of benzene rings is 2. The summed E-state index contributed by atoms with van der Waals surface area (Å²) in [5, 5.41) is 5.34. The van der Waals surface area contributed by atoms with Gasteiger partial charge in [0.15, 0.2) is 0 Å². The molecule has 0 heterocycles. The maximum absolute atomic E-state index is 13.5. The molecule has 0 radical (unpaired) electrons. The highest BCUT2D eigenvalue weighted by atomic mass is 19.1. The molecule has 6 heteroatoms. The third-order valence-electron chi connectivity index (χ3n) is 3.63. The van der Waals surface area contributed by atoms with E-state index in [4.69, 9.17) is 5.73 Å². The van der Waals surface area contributed by atoms with Gasteiger partial charge >= 0.3 is 6.03 Å². The molecule has 2 aromatic rings. The van der Waals surface area contributed by atoms with Crippen molar-refractivity contribution in [1.29, 1.82) is 0 Å². The van der Waals surface area contributed by atoms with Crippen LogP contribution in [0.4, 0.5) is 14.9 Å². The number of primary amides is 1. The van der Waals surface area contributed by atoms with Crippen molar-refractivity contribution < 1.29 is 14.0 Å². The molecule has 3 amide bonds. The molecule has 0 saturated heterocycles. The predicted molar refractivity (Wildman–Crippen MR) is 90.9 cm³/mol. The molecule has 0 saturated carbocycles. The second-order valence-corrected chi connectivity index (χ2v) is 5.49. The van der Waals surface area contributed by atoms with E-state index in [1.54, 1.807) is 42.5 Å². The lowest BCUT2D eigenvalue weighted by molar-refractivity contribution is -0.121. The zero-order valence-corrected chi connectivity index (χ0v) is 13.4. The lowest BCUT2D eigenvalue weighted by Crippen LogP contribution is -2.27. The quantitative estimate of drug-likeness (QED) is 0.761. The van der Waals surface area contributed by atoms with Crippen LogP contribution in [0.5, 0.6) is 0 Å². The lowest BCUT2D eigenvalue weighted by Gasteiger charge is -2.15. The van der Waals surface area contributed by atoms with E-state index in [2.05, 4.69) is 10.6 Å². The van der Waals surface area contributed by atoms with Crippen molar-refractivity contribution in [1.82, 2.24) is 5.32 Å². The summed E-state index contributed by atoms with van der Waals surface area (Å²) in [6, 6.07) is 12.6. The highest BCUT2D eigenvalue weighted by Crippen LogP contribution is 2.16. The molecule has 0 unspecified atom stereocenters. The highest BCUT2D eigenvalue weighted by molar-refractivity contribution is 5.87. The van der Waals surface area contributed by atoms with Gasteiger partial charge < -0.3 is 16.4 Å². The van der Waals surface area contributed by atoms with E-state index >= 15 is 0 Å². The van der Waals surface area contributed by atoms with Crippen LogP contribution in [0.15, 0.2) is 48.5 Å². The number of hydrogen-bond acceptors (Lipinski definition) is 2. The van der Waals surface area contributed by atoms with Crippen molar-refractivity contribution in [3.63, 3.8) is 0 Å². The molecule has 126 valence electrons. The molecule has 0 bridgehead atoms. The lowest BCUT2D eigenvalue weighted by atomic mass is 10.1. The molecule has 0 fully saturated rings. The summed E-state index contributed by atoms with van der Waals surface area (Å²) in [6.45, 7) is 1.86. The molecule has 0 aliphatic rings. The second-order valence-electron chi connectivity index (χ2n) is 5.49. The Morgan fingerprint density at radius 2 is 1.79 bits per heavy atom. The first-order valence-corrected chi connectivity index (χ1v) is 7.65. The zero-order valence-electron chi connectivity index (χ0n) is 13.4. The summed E-state index contributed by atoms with van der Waals surface area (Å²) >= 11 is 0. The van der Waals surface area contributed by atoms with Gasteiger partial charge in [0.25, 0.3) is 0 Å². The molecule has 4 N–H and O–H groups in total. The number of amides is 3. The first kappa shape index (κ1) is 17.5. The van der Waals surface area contributed by atoms with Crippen molar-refractivity contribution in [2.45, 2.75) is 25.8 Å². The molecule has 0 aliphatic carbocycles. The second kappa shape index (κ2) is 8.10. The molecule has 0 spiro atoms. The molecule has 0 aliphatic heterocycles. The van der Waals surface area contributed by atoms with Crippen LogP contribution in [-0.2, 0) is 11.2 Å². The van der Waals surface area contributed by atoms with E-state index in [-0.39, 0.29) is 24.2 Å². The molecule has 5 nitrogen and oxygen atoms in total. The van der Waals surface area contributed by atoms with Gasteiger partial charge in [-0.25, -0.2) is 9.18 Å². The Morgan fingerprint density at radius 3 is 2.42 bits per heavy atom. The minimum absolute atomic E-state index is 0.148. The van der Waals surface area contributed by atoms with Crippen LogP contribution in [0.25, 0.3) is 0 Å². The Hall–Kier alpha value is -2.89. The fourth-order valence-electron chi connectivity index (χ4n) is 2.34. The number of nitrogens with one attached hydrogen (secondary N) is 2. The van der Waals surface area contributed by atoms with E-state index in [1.807, 2.05) is 6.92 Å². The molecule has 2 aromatic carbocycles. The van der Waals surface area contributed by atoms with Crippen LogP contribution < -0.4 is 16.4 Å². The molecule has 0 aromatic heterocycles. The number of carbonyl (C=O) groups excluding carboxylic acids is 2. The third-order valence-corrected chi connectivity index (χ3v) is 3.63. The third kappa shape index (κ3) is 5.08. The predicted octanol–water partition coefficient (Wildman–Crippen LogP) is 3.13. The molecule has 1 atom stereocenters. The van der Waals surface area contributed by atoms with E-state index in [0.717, 1.165) is 5.56 Å². The molecule has 24 heavy (non-hydrogen) atoms. The fraction of sp³-hybridized carbons (Fsp3) is 0.222. The largest absolute Gasteiger partial charge is 0.351 e. The summed E-state index contributed by atoms with van der Waals surface area (Å²) in [5.74, 6) is -0.444. The molecular weight excluding hydrogens is 309 g/mol. The number of urea groups is 1. The maximum atomic E-state index is 13.5. The van der Waals surface area contributed by atoms with Crippen molar-refractivity contribution in [3.8, 4) is 0 Å². The Morgan fingerprint density at radius 1 is 1.12 bits per heavy atom. The van der Waals surface area contributed by atoms with E-state index < -0.39 is 6.03 Å². The molecular formula is C18H20FN3O2. The van der Waals surface area contributed by atoms with Gasteiger partial charge in [-0.15, -0.1) is 0 Å². The topological polar surface area (TPSA) is 84.2 Å². The summed E-state index contributed by atoms with van der Waals surface area (Å²) in [4.78, 5) is 22.8. The maximum Gasteiger partial charge on any atom is 0.316 e. The van der Waals surface area contributed by atoms with Crippen molar-refractivity contribution in [2.75, 3.05) is 5.32 Å². The number of nitrogens with two attached hydrogens (primary N) is 1. The van der Waals surface area contributed by atoms with Crippen LogP contribution in [0.3, 0.4) is 0 Å². The van der Waals surface area contributed by atoms with Crippen molar-refractivity contribution in [2.24, 2.45) is 5.73 Å². The number of rotatable bonds is 6. The van der Waals surface area contributed by atoms with Gasteiger partial charge in [0.05, 0.1) is 6.04 Å². The normalized spacial score (nSPS) is 11.6. The van der Waals surface area contributed by atoms with Crippen LogP contribution >= 0.6 is 0 Å². The summed E-state index contributed by atoms with van der Waals surface area (Å²) < 4.78 is 13.5. The van der Waals surface area contributed by atoms with Gasteiger partial charge in [0.2, 0.25) is 5.91 Å². The van der Waals surface area contributed by atoms with E-state index in [0.29, 0.717) is 17.7 Å². The van der Waals surface area contributed by atoms with Crippen LogP contribution in [0, 0.1) is 5.82 Å². The minimum atomic E-state index is -0.628. The first-order chi connectivity index (χ1) is 11.5. The fourth-order valence-corrected chi connectivity index (χ4v) is 2.34. The standard InChI is InChI=1S/C18H20FN3O2/c1-12(13-6-9-15(10-7-13)22-18(20)24)21-17(23)11-8-14-4-2-3-5-16(14)19/h2-7,9-10,12H,8,11H2,1H3,(H,21,23)(H3,20,22,24)/t12-/m1/s1. The number of anilines is 1. The Bertz CT molecular complexity index is 716. The smallest absolute Gasteiger partial charge is 0.316 e. The van der Waals surface area contributed by atoms with Crippen LogP contribution in [-0.4, -0.2) is 11.9 Å². The first-order valence-electron chi connectivity index (χ1n) is 7.65.